The van der Waals surface area contributed by atoms with Gasteiger partial charge in [-0.15, -0.1) is 19.0 Å². The smallest absolute Gasteiger partial charge is 0.139 e. The second kappa shape index (κ2) is 5.95. The van der Waals surface area contributed by atoms with Gasteiger partial charge in [0.2, 0.25) is 0 Å². The molecule has 5 heteroatoms. The van der Waals surface area contributed by atoms with Gasteiger partial charge in [-0.2, -0.15) is 0 Å². The molecule has 0 aliphatic heterocycles. The first kappa shape index (κ1) is 14.2. The van der Waals surface area contributed by atoms with Gasteiger partial charge in [-0.1, -0.05) is 17.7 Å². The average molecular weight is 252 g/mol. The van der Waals surface area contributed by atoms with Gasteiger partial charge in [0.1, 0.15) is 11.6 Å². The summed E-state index contributed by atoms with van der Waals surface area (Å²) in [5.74, 6) is -0.676. The van der Waals surface area contributed by atoms with Gasteiger partial charge in [0.05, 0.1) is 5.02 Å². The molecule has 2 nitrogen and oxygen atoms in total. The molecule has 0 saturated heterocycles. The average Bonchev–Trinajstić information content (AvgIpc) is 2.11. The third-order valence-corrected chi connectivity index (χ3v) is 2.17. The molecule has 0 aromatic heterocycles. The van der Waals surface area contributed by atoms with Crippen molar-refractivity contribution in [1.82, 2.24) is 0 Å². The summed E-state index contributed by atoms with van der Waals surface area (Å²) in [6.07, 6.45) is 2.05. The summed E-state index contributed by atoms with van der Waals surface area (Å²) >= 11 is 5.59. The Kier molecular flexibility index (Phi) is 5.65. The van der Waals surface area contributed by atoms with Gasteiger partial charge in [0.25, 0.3) is 0 Å². The van der Waals surface area contributed by atoms with Gasteiger partial charge >= 0.3 is 0 Å². The van der Waals surface area contributed by atoms with Crippen LogP contribution in [-0.2, 0) is 0 Å². The summed E-state index contributed by atoms with van der Waals surface area (Å²) in [7, 11) is 0. The van der Waals surface area contributed by atoms with Gasteiger partial charge in [0, 0.05) is 11.6 Å². The fourth-order valence-electron chi connectivity index (χ4n) is 1.18. The van der Waals surface area contributed by atoms with Crippen molar-refractivity contribution in [1.29, 1.82) is 0 Å². The molecule has 15 heavy (non-hydrogen) atoms. The molecule has 0 saturated carbocycles. The predicted molar refractivity (Wildman–Crippen MR) is 62.1 cm³/mol. The molecule has 1 rings (SSSR count). The Morgan fingerprint density at radius 1 is 1.60 bits per heavy atom. The van der Waals surface area contributed by atoms with E-state index in [1.165, 1.54) is 6.07 Å². The molecule has 0 unspecified atom stereocenters. The Morgan fingerprint density at radius 2 is 2.20 bits per heavy atom. The molecule has 1 aromatic rings. The molecule has 0 aliphatic carbocycles. The molecule has 0 fully saturated rings. The van der Waals surface area contributed by atoms with Gasteiger partial charge in [0.15, 0.2) is 0 Å². The number of rotatable bonds is 3. The van der Waals surface area contributed by atoms with Crippen molar-refractivity contribution in [2.45, 2.75) is 12.5 Å². The normalized spacial score (nSPS) is 11.7. The second-order valence-electron chi connectivity index (χ2n) is 2.96. The zero-order valence-corrected chi connectivity index (χ0v) is 9.48. The van der Waals surface area contributed by atoms with E-state index in [4.69, 9.17) is 17.3 Å². The van der Waals surface area contributed by atoms with Crippen molar-refractivity contribution < 1.29 is 9.50 Å². The standard InChI is InChI=1S/C10H11ClFNO.ClH/c1-2-3-9(13)7-4-6(12)5-8(11)10(7)14;/h2,4-5,9,14H,1,3,13H2;1H/t9-;/m1./s1. The zero-order chi connectivity index (χ0) is 10.7. The van der Waals surface area contributed by atoms with E-state index in [0.717, 1.165) is 6.07 Å². The number of phenols is 1. The summed E-state index contributed by atoms with van der Waals surface area (Å²) in [4.78, 5) is 0. The van der Waals surface area contributed by atoms with E-state index in [-0.39, 0.29) is 23.2 Å². The molecular weight excluding hydrogens is 240 g/mol. The largest absolute Gasteiger partial charge is 0.506 e. The summed E-state index contributed by atoms with van der Waals surface area (Å²) in [5.41, 5.74) is 5.99. The van der Waals surface area contributed by atoms with Crippen LogP contribution in [0.2, 0.25) is 5.02 Å². The summed E-state index contributed by atoms with van der Waals surface area (Å²) in [6.45, 7) is 3.51. The Morgan fingerprint density at radius 3 is 2.73 bits per heavy atom. The van der Waals surface area contributed by atoms with Crippen molar-refractivity contribution in [3.63, 3.8) is 0 Å². The molecule has 84 valence electrons. The van der Waals surface area contributed by atoms with E-state index in [9.17, 15) is 9.50 Å². The number of aromatic hydroxyl groups is 1. The maximum Gasteiger partial charge on any atom is 0.139 e. The van der Waals surface area contributed by atoms with E-state index in [1.807, 2.05) is 0 Å². The Labute approximate surface area is 99.0 Å². The van der Waals surface area contributed by atoms with Crippen LogP contribution in [0, 0.1) is 5.82 Å². The Bertz CT molecular complexity index is 358. The minimum absolute atomic E-state index is 0. The molecule has 0 spiro atoms. The number of benzene rings is 1. The van der Waals surface area contributed by atoms with Crippen LogP contribution in [-0.4, -0.2) is 5.11 Å². The molecule has 0 heterocycles. The fraction of sp³-hybridized carbons (Fsp3) is 0.200. The lowest BCUT2D eigenvalue weighted by Crippen LogP contribution is -2.09. The van der Waals surface area contributed by atoms with Crippen LogP contribution >= 0.6 is 24.0 Å². The first-order valence-electron chi connectivity index (χ1n) is 4.10. The van der Waals surface area contributed by atoms with Crippen LogP contribution in [0.25, 0.3) is 0 Å². The summed E-state index contributed by atoms with van der Waals surface area (Å²) < 4.78 is 12.9. The molecule has 0 radical (unpaired) electrons. The van der Waals surface area contributed by atoms with Crippen LogP contribution < -0.4 is 5.73 Å². The molecule has 1 atom stereocenters. The monoisotopic (exact) mass is 251 g/mol. The van der Waals surface area contributed by atoms with Gasteiger partial charge < -0.3 is 10.8 Å². The molecule has 3 N–H and O–H groups in total. The molecular formula is C10H12Cl2FNO. The predicted octanol–water partition coefficient (Wildman–Crippen LogP) is 3.18. The number of hydrogen-bond donors (Lipinski definition) is 2. The third-order valence-electron chi connectivity index (χ3n) is 1.88. The highest BCUT2D eigenvalue weighted by Gasteiger charge is 2.13. The molecule has 0 aliphatic rings. The Balaban J connectivity index is 0.00000196. The number of phenolic OH excluding ortho intramolecular Hbond substituents is 1. The highest BCUT2D eigenvalue weighted by Crippen LogP contribution is 2.32. The van der Waals surface area contributed by atoms with Crippen LogP contribution in [0.1, 0.15) is 18.0 Å². The van der Waals surface area contributed by atoms with Crippen molar-refractivity contribution in [2.75, 3.05) is 0 Å². The van der Waals surface area contributed by atoms with Crippen LogP contribution in [0.15, 0.2) is 24.8 Å². The topological polar surface area (TPSA) is 46.2 Å². The first-order valence-corrected chi connectivity index (χ1v) is 4.48. The van der Waals surface area contributed by atoms with Crippen molar-refractivity contribution >= 4 is 24.0 Å². The van der Waals surface area contributed by atoms with Crippen molar-refractivity contribution in [2.24, 2.45) is 5.73 Å². The van der Waals surface area contributed by atoms with Crippen LogP contribution in [0.3, 0.4) is 0 Å². The van der Waals surface area contributed by atoms with E-state index in [1.54, 1.807) is 6.08 Å². The SMILES string of the molecule is C=CC[C@@H](N)c1cc(F)cc(Cl)c1O.Cl. The summed E-state index contributed by atoms with van der Waals surface area (Å²) in [6, 6.07) is 1.73. The fourth-order valence-corrected chi connectivity index (χ4v) is 1.39. The zero-order valence-electron chi connectivity index (χ0n) is 7.91. The van der Waals surface area contributed by atoms with Crippen molar-refractivity contribution in [3.8, 4) is 5.75 Å². The maximum absolute atomic E-state index is 12.9. The Hall–Kier alpha value is -0.770. The third kappa shape index (κ3) is 3.38. The number of hydrogen-bond acceptors (Lipinski definition) is 2. The lowest BCUT2D eigenvalue weighted by molar-refractivity contribution is 0.459. The maximum atomic E-state index is 12.9. The molecule has 0 bridgehead atoms. The molecule has 1 aromatic carbocycles. The number of halogens is 3. The van der Waals surface area contributed by atoms with E-state index < -0.39 is 11.9 Å². The number of nitrogens with two attached hydrogens (primary N) is 1. The highest BCUT2D eigenvalue weighted by atomic mass is 35.5. The quantitative estimate of drug-likeness (QED) is 0.811. The van der Waals surface area contributed by atoms with Crippen LogP contribution in [0.4, 0.5) is 4.39 Å². The van der Waals surface area contributed by atoms with Gasteiger partial charge in [-0.05, 0) is 18.6 Å². The summed E-state index contributed by atoms with van der Waals surface area (Å²) in [5, 5.41) is 9.48. The second-order valence-corrected chi connectivity index (χ2v) is 3.36. The van der Waals surface area contributed by atoms with E-state index in [0.29, 0.717) is 12.0 Å². The van der Waals surface area contributed by atoms with Crippen molar-refractivity contribution in [3.05, 3.63) is 41.2 Å². The highest BCUT2D eigenvalue weighted by molar-refractivity contribution is 6.32. The van der Waals surface area contributed by atoms with E-state index >= 15 is 0 Å². The first-order chi connectivity index (χ1) is 6.56. The lowest BCUT2D eigenvalue weighted by atomic mass is 10.0. The minimum atomic E-state index is -0.512. The minimum Gasteiger partial charge on any atom is -0.506 e. The molecule has 0 amide bonds. The van der Waals surface area contributed by atoms with Gasteiger partial charge in [-0.3, -0.25) is 0 Å². The van der Waals surface area contributed by atoms with Gasteiger partial charge in [-0.25, -0.2) is 4.39 Å². The lowest BCUT2D eigenvalue weighted by Gasteiger charge is -2.12. The van der Waals surface area contributed by atoms with E-state index in [2.05, 4.69) is 6.58 Å². The van der Waals surface area contributed by atoms with Crippen LogP contribution in [0.5, 0.6) is 5.75 Å².